The first kappa shape index (κ1) is 17.3. The van der Waals surface area contributed by atoms with Crippen LogP contribution in [0.5, 0.6) is 0 Å². The van der Waals surface area contributed by atoms with Crippen molar-refractivity contribution in [1.29, 1.82) is 0 Å². The van der Waals surface area contributed by atoms with Crippen molar-refractivity contribution >= 4 is 34.6 Å². The standard InChI is InChI=1S/C18H21FN4O2S/c1-18-7-5-16(24)23(18)14(10-26-18)17(25)20-8-6-15-21-12-9-11(19)3-4-13(12)22(15)2/h3-4,9,14H,5-8,10H2,1-2H3,(H,20,25). The van der Waals surface area contributed by atoms with Crippen LogP contribution >= 0.6 is 11.8 Å². The third-order valence-corrected chi connectivity index (χ3v) is 6.84. The van der Waals surface area contributed by atoms with Gasteiger partial charge in [0.25, 0.3) is 0 Å². The Morgan fingerprint density at radius 1 is 1.50 bits per heavy atom. The number of halogens is 1. The maximum Gasteiger partial charge on any atom is 0.243 e. The molecule has 2 aliphatic heterocycles. The van der Waals surface area contributed by atoms with Gasteiger partial charge in [0.05, 0.1) is 15.9 Å². The third-order valence-electron chi connectivity index (χ3n) is 5.33. The van der Waals surface area contributed by atoms with Gasteiger partial charge < -0.3 is 14.8 Å². The van der Waals surface area contributed by atoms with Crippen LogP contribution < -0.4 is 5.32 Å². The summed E-state index contributed by atoms with van der Waals surface area (Å²) in [4.78, 5) is 30.7. The lowest BCUT2D eigenvalue weighted by Gasteiger charge is -2.29. The molecule has 0 radical (unpaired) electrons. The number of nitrogens with zero attached hydrogens (tertiary/aromatic N) is 3. The van der Waals surface area contributed by atoms with Crippen LogP contribution in [0.2, 0.25) is 0 Å². The number of hydrogen-bond donors (Lipinski definition) is 1. The molecule has 0 spiro atoms. The summed E-state index contributed by atoms with van der Waals surface area (Å²) in [5.74, 6) is 1.07. The van der Waals surface area contributed by atoms with Gasteiger partial charge in [-0.05, 0) is 25.5 Å². The van der Waals surface area contributed by atoms with E-state index in [1.807, 2.05) is 18.5 Å². The Labute approximate surface area is 155 Å². The van der Waals surface area contributed by atoms with Gasteiger partial charge in [-0.3, -0.25) is 9.59 Å². The summed E-state index contributed by atoms with van der Waals surface area (Å²) in [7, 11) is 1.88. The molecule has 1 aromatic carbocycles. The van der Waals surface area contributed by atoms with Gasteiger partial charge in [-0.1, -0.05) is 0 Å². The number of carbonyl (C=O) groups is 2. The fraction of sp³-hybridized carbons (Fsp3) is 0.500. The lowest BCUT2D eigenvalue weighted by atomic mass is 10.2. The van der Waals surface area contributed by atoms with E-state index in [-0.39, 0.29) is 22.5 Å². The van der Waals surface area contributed by atoms with Gasteiger partial charge in [-0.2, -0.15) is 0 Å². The Balaban J connectivity index is 1.40. The first-order valence-corrected chi connectivity index (χ1v) is 9.72. The second kappa shape index (κ2) is 6.26. The second-order valence-corrected chi connectivity index (χ2v) is 8.53. The second-order valence-electron chi connectivity index (χ2n) is 7.03. The summed E-state index contributed by atoms with van der Waals surface area (Å²) in [5.41, 5.74) is 1.47. The van der Waals surface area contributed by atoms with Gasteiger partial charge in [0.2, 0.25) is 11.8 Å². The smallest absolute Gasteiger partial charge is 0.243 e. The van der Waals surface area contributed by atoms with E-state index in [2.05, 4.69) is 10.3 Å². The quantitative estimate of drug-likeness (QED) is 0.884. The Morgan fingerprint density at radius 3 is 3.12 bits per heavy atom. The van der Waals surface area contributed by atoms with Crippen LogP contribution in [0.25, 0.3) is 11.0 Å². The number of rotatable bonds is 4. The molecular formula is C18H21FN4O2S. The zero-order valence-electron chi connectivity index (χ0n) is 14.8. The molecule has 1 N–H and O–H groups in total. The van der Waals surface area contributed by atoms with Crippen LogP contribution in [0, 0.1) is 5.82 Å². The van der Waals surface area contributed by atoms with Crippen LogP contribution in [0.15, 0.2) is 18.2 Å². The number of aryl methyl sites for hydroxylation is 1. The minimum atomic E-state index is -0.394. The van der Waals surface area contributed by atoms with Gasteiger partial charge in [0.15, 0.2) is 0 Å². The van der Waals surface area contributed by atoms with E-state index >= 15 is 0 Å². The van der Waals surface area contributed by atoms with Crippen LogP contribution in [0.4, 0.5) is 4.39 Å². The first-order valence-electron chi connectivity index (χ1n) is 8.74. The molecule has 0 saturated carbocycles. The van der Waals surface area contributed by atoms with Gasteiger partial charge in [0.1, 0.15) is 17.7 Å². The highest BCUT2D eigenvalue weighted by Crippen LogP contribution is 2.47. The number of hydrogen-bond acceptors (Lipinski definition) is 4. The molecule has 1 aromatic heterocycles. The van der Waals surface area contributed by atoms with Crippen LogP contribution in [-0.2, 0) is 23.1 Å². The van der Waals surface area contributed by atoms with Crippen molar-refractivity contribution in [3.8, 4) is 0 Å². The topological polar surface area (TPSA) is 67.2 Å². The van der Waals surface area contributed by atoms with Crippen molar-refractivity contribution in [1.82, 2.24) is 19.8 Å². The molecule has 0 bridgehead atoms. The average molecular weight is 376 g/mol. The van der Waals surface area contributed by atoms with E-state index in [0.29, 0.717) is 30.7 Å². The molecule has 2 fully saturated rings. The minimum absolute atomic E-state index is 0.0648. The molecule has 2 saturated heterocycles. The summed E-state index contributed by atoms with van der Waals surface area (Å²) in [5, 5.41) is 2.93. The number of fused-ring (bicyclic) bond motifs is 2. The fourth-order valence-electron chi connectivity index (χ4n) is 3.88. The number of thioether (sulfide) groups is 1. The molecular weight excluding hydrogens is 355 g/mol. The number of aromatic nitrogens is 2. The maximum atomic E-state index is 13.3. The molecule has 8 heteroatoms. The number of amides is 2. The molecule has 2 aromatic rings. The molecule has 2 atom stereocenters. The number of imidazole rings is 1. The van der Waals surface area contributed by atoms with E-state index in [0.717, 1.165) is 17.8 Å². The van der Waals surface area contributed by atoms with Gasteiger partial charge in [0, 0.05) is 38.3 Å². The Kier molecular flexibility index (Phi) is 4.17. The lowest BCUT2D eigenvalue weighted by molar-refractivity contribution is -0.137. The summed E-state index contributed by atoms with van der Waals surface area (Å²) in [6.07, 6.45) is 1.87. The Morgan fingerprint density at radius 2 is 2.31 bits per heavy atom. The van der Waals surface area contributed by atoms with E-state index in [9.17, 15) is 14.0 Å². The zero-order valence-corrected chi connectivity index (χ0v) is 15.6. The Hall–Kier alpha value is -2.09. The van der Waals surface area contributed by atoms with Crippen molar-refractivity contribution in [2.24, 2.45) is 7.05 Å². The van der Waals surface area contributed by atoms with Gasteiger partial charge >= 0.3 is 0 Å². The van der Waals surface area contributed by atoms with E-state index < -0.39 is 6.04 Å². The highest BCUT2D eigenvalue weighted by Gasteiger charge is 2.52. The number of nitrogens with one attached hydrogen (secondary N) is 1. The van der Waals surface area contributed by atoms with Crippen LogP contribution in [0.1, 0.15) is 25.6 Å². The monoisotopic (exact) mass is 376 g/mol. The normalized spacial score (nSPS) is 25.1. The fourth-order valence-corrected chi connectivity index (χ4v) is 5.31. The van der Waals surface area contributed by atoms with Crippen molar-refractivity contribution in [3.63, 3.8) is 0 Å². The van der Waals surface area contributed by atoms with Crippen molar-refractivity contribution in [3.05, 3.63) is 29.8 Å². The molecule has 3 heterocycles. The molecule has 2 aliphatic rings. The molecule has 138 valence electrons. The highest BCUT2D eigenvalue weighted by atomic mass is 32.2. The predicted octanol–water partition coefficient (Wildman–Crippen LogP) is 1.83. The molecule has 2 amide bonds. The molecule has 26 heavy (non-hydrogen) atoms. The zero-order chi connectivity index (χ0) is 18.5. The summed E-state index contributed by atoms with van der Waals surface area (Å²) in [6, 6.07) is 4.13. The summed E-state index contributed by atoms with van der Waals surface area (Å²) >= 11 is 1.68. The molecule has 0 aliphatic carbocycles. The van der Waals surface area contributed by atoms with Crippen molar-refractivity contribution < 1.29 is 14.0 Å². The van der Waals surface area contributed by atoms with Crippen molar-refractivity contribution in [2.45, 2.75) is 37.1 Å². The SMILES string of the molecule is Cn1c(CCNC(=O)C2CSC3(C)CCC(=O)N23)nc2cc(F)ccc21. The highest BCUT2D eigenvalue weighted by molar-refractivity contribution is 8.01. The van der Waals surface area contributed by atoms with Gasteiger partial charge in [-0.25, -0.2) is 9.37 Å². The predicted molar refractivity (Wildman–Crippen MR) is 98.1 cm³/mol. The minimum Gasteiger partial charge on any atom is -0.354 e. The molecule has 6 nitrogen and oxygen atoms in total. The van der Waals surface area contributed by atoms with E-state index in [4.69, 9.17) is 0 Å². The van der Waals surface area contributed by atoms with Crippen LogP contribution in [0.3, 0.4) is 0 Å². The first-order chi connectivity index (χ1) is 12.4. The molecule has 2 unspecified atom stereocenters. The van der Waals surface area contributed by atoms with Gasteiger partial charge in [-0.15, -0.1) is 11.8 Å². The Bertz CT molecular complexity index is 899. The summed E-state index contributed by atoms with van der Waals surface area (Å²) in [6.45, 7) is 2.47. The van der Waals surface area contributed by atoms with Crippen molar-refractivity contribution in [2.75, 3.05) is 12.3 Å². The molecule has 4 rings (SSSR count). The van der Waals surface area contributed by atoms with E-state index in [1.165, 1.54) is 12.1 Å². The van der Waals surface area contributed by atoms with E-state index in [1.54, 1.807) is 22.7 Å². The largest absolute Gasteiger partial charge is 0.354 e. The maximum absolute atomic E-state index is 13.3. The average Bonchev–Trinajstić information content (AvgIpc) is 3.20. The number of benzene rings is 1. The summed E-state index contributed by atoms with van der Waals surface area (Å²) < 4.78 is 15.2. The number of carbonyl (C=O) groups excluding carboxylic acids is 2. The lowest BCUT2D eigenvalue weighted by Crippen LogP contribution is -2.50. The van der Waals surface area contributed by atoms with Crippen LogP contribution in [-0.4, -0.2) is 49.5 Å². The third kappa shape index (κ3) is 2.76.